The molecule has 74 valence electrons. The number of ether oxygens (including phenoxy) is 2. The van der Waals surface area contributed by atoms with Crippen molar-refractivity contribution < 1.29 is 14.3 Å². The lowest BCUT2D eigenvalue weighted by Gasteiger charge is -2.00. The fraction of sp³-hybridized carbons (Fsp3) is 0.182. The zero-order chi connectivity index (χ0) is 10.2. The number of hydrogen-bond acceptors (Lipinski definition) is 3. The van der Waals surface area contributed by atoms with E-state index in [9.17, 15) is 4.79 Å². The normalized spacial score (nSPS) is 10.1. The molecule has 1 rings (SSSR count). The van der Waals surface area contributed by atoms with Crippen molar-refractivity contribution in [3.05, 3.63) is 48.2 Å². The molecule has 0 aliphatic heterocycles. The average molecular weight is 192 g/mol. The third-order valence-corrected chi connectivity index (χ3v) is 1.55. The monoisotopic (exact) mass is 192 g/mol. The number of benzene rings is 1. The van der Waals surface area contributed by atoms with Crippen LogP contribution in [0.25, 0.3) is 0 Å². The van der Waals surface area contributed by atoms with E-state index in [-0.39, 0.29) is 12.6 Å². The van der Waals surface area contributed by atoms with Gasteiger partial charge in [-0.3, -0.25) is 0 Å². The highest BCUT2D eigenvalue weighted by Crippen LogP contribution is 2.00. The Morgan fingerprint density at radius 3 is 2.71 bits per heavy atom. The van der Waals surface area contributed by atoms with Crippen molar-refractivity contribution in [2.24, 2.45) is 0 Å². The first-order chi connectivity index (χ1) is 6.84. The maximum absolute atomic E-state index is 11.3. The van der Waals surface area contributed by atoms with E-state index in [4.69, 9.17) is 4.74 Å². The quantitative estimate of drug-likeness (QED) is 0.540. The molecule has 0 aliphatic rings. The minimum absolute atomic E-state index is 0.224. The first-order valence-corrected chi connectivity index (χ1v) is 4.24. The van der Waals surface area contributed by atoms with Crippen LogP contribution in [0.3, 0.4) is 0 Å². The Morgan fingerprint density at radius 2 is 2.07 bits per heavy atom. The van der Waals surface area contributed by atoms with Gasteiger partial charge in [0.25, 0.3) is 0 Å². The molecule has 0 bridgehead atoms. The minimum atomic E-state index is -0.327. The summed E-state index contributed by atoms with van der Waals surface area (Å²) in [5.74, 6) is -0.327. The standard InChI is InChI=1S/C11H12O3/c1-13-8-5-9-14-11(12)10-6-3-2-4-7-10/h2-8H,9H2,1H3. The van der Waals surface area contributed by atoms with Gasteiger partial charge in [-0.05, 0) is 18.2 Å². The largest absolute Gasteiger partial charge is 0.505 e. The molecule has 14 heavy (non-hydrogen) atoms. The molecule has 0 heterocycles. The maximum Gasteiger partial charge on any atom is 0.338 e. The van der Waals surface area contributed by atoms with Gasteiger partial charge >= 0.3 is 5.97 Å². The van der Waals surface area contributed by atoms with Gasteiger partial charge in [0.2, 0.25) is 0 Å². The van der Waals surface area contributed by atoms with Crippen LogP contribution < -0.4 is 0 Å². The zero-order valence-corrected chi connectivity index (χ0v) is 7.97. The maximum atomic E-state index is 11.3. The molecular weight excluding hydrogens is 180 g/mol. The zero-order valence-electron chi connectivity index (χ0n) is 7.97. The van der Waals surface area contributed by atoms with Crippen molar-refractivity contribution in [2.45, 2.75) is 0 Å². The van der Waals surface area contributed by atoms with E-state index in [0.717, 1.165) is 0 Å². The topological polar surface area (TPSA) is 35.5 Å². The third kappa shape index (κ3) is 3.31. The molecule has 3 nitrogen and oxygen atoms in total. The summed E-state index contributed by atoms with van der Waals surface area (Å²) in [4.78, 5) is 11.3. The lowest BCUT2D eigenvalue weighted by Crippen LogP contribution is -2.04. The average Bonchev–Trinajstić information content (AvgIpc) is 2.25. The Labute approximate surface area is 83.0 Å². The van der Waals surface area contributed by atoms with Crippen molar-refractivity contribution in [1.29, 1.82) is 0 Å². The number of methoxy groups -OCH3 is 1. The van der Waals surface area contributed by atoms with E-state index in [1.54, 1.807) is 30.3 Å². The summed E-state index contributed by atoms with van der Waals surface area (Å²) in [6.45, 7) is 0.224. The second-order valence-electron chi connectivity index (χ2n) is 2.57. The molecule has 0 radical (unpaired) electrons. The lowest BCUT2D eigenvalue weighted by atomic mass is 10.2. The van der Waals surface area contributed by atoms with E-state index in [0.29, 0.717) is 5.56 Å². The molecule has 0 unspecified atom stereocenters. The summed E-state index contributed by atoms with van der Waals surface area (Å²) in [5, 5.41) is 0. The van der Waals surface area contributed by atoms with Crippen LogP contribution in [0.2, 0.25) is 0 Å². The van der Waals surface area contributed by atoms with E-state index >= 15 is 0 Å². The van der Waals surface area contributed by atoms with Gasteiger partial charge in [0.15, 0.2) is 0 Å². The highest BCUT2D eigenvalue weighted by atomic mass is 16.5. The van der Waals surface area contributed by atoms with Crippen LogP contribution in [-0.2, 0) is 9.47 Å². The molecule has 0 fully saturated rings. The van der Waals surface area contributed by atoms with Crippen LogP contribution in [0.15, 0.2) is 42.7 Å². The van der Waals surface area contributed by atoms with E-state index < -0.39 is 0 Å². The molecule has 3 heteroatoms. The van der Waals surface area contributed by atoms with Crippen molar-refractivity contribution in [1.82, 2.24) is 0 Å². The molecule has 1 aromatic carbocycles. The summed E-state index contributed by atoms with van der Waals surface area (Å²) in [5.41, 5.74) is 0.554. The first kappa shape index (κ1) is 10.3. The van der Waals surface area contributed by atoms with Crippen molar-refractivity contribution in [3.8, 4) is 0 Å². The number of hydrogen-bond donors (Lipinski definition) is 0. The summed E-state index contributed by atoms with van der Waals surface area (Å²) in [6, 6.07) is 8.86. The van der Waals surface area contributed by atoms with Gasteiger partial charge in [-0.2, -0.15) is 0 Å². The number of carbonyl (C=O) groups is 1. The van der Waals surface area contributed by atoms with Gasteiger partial charge in [0, 0.05) is 0 Å². The van der Waals surface area contributed by atoms with Crippen molar-refractivity contribution in [2.75, 3.05) is 13.7 Å². The van der Waals surface area contributed by atoms with E-state index in [2.05, 4.69) is 4.74 Å². The molecule has 1 aromatic rings. The number of rotatable bonds is 4. The van der Waals surface area contributed by atoms with Gasteiger partial charge in [0.05, 0.1) is 18.9 Å². The first-order valence-electron chi connectivity index (χ1n) is 4.24. The molecule has 0 saturated heterocycles. The van der Waals surface area contributed by atoms with Gasteiger partial charge < -0.3 is 9.47 Å². The Bertz CT molecular complexity index is 304. The van der Waals surface area contributed by atoms with Crippen LogP contribution >= 0.6 is 0 Å². The van der Waals surface area contributed by atoms with Gasteiger partial charge in [-0.15, -0.1) is 0 Å². The molecule has 0 saturated carbocycles. The van der Waals surface area contributed by atoms with Crippen LogP contribution in [-0.4, -0.2) is 19.7 Å². The fourth-order valence-electron chi connectivity index (χ4n) is 0.917. The fourth-order valence-corrected chi connectivity index (χ4v) is 0.917. The van der Waals surface area contributed by atoms with Gasteiger partial charge in [-0.1, -0.05) is 18.2 Å². The van der Waals surface area contributed by atoms with E-state index in [1.807, 2.05) is 6.07 Å². The predicted molar refractivity (Wildman–Crippen MR) is 52.9 cm³/mol. The smallest absolute Gasteiger partial charge is 0.338 e. The summed E-state index contributed by atoms with van der Waals surface area (Å²) >= 11 is 0. The van der Waals surface area contributed by atoms with Gasteiger partial charge in [-0.25, -0.2) is 4.79 Å². The summed E-state index contributed by atoms with van der Waals surface area (Å²) < 4.78 is 9.58. The number of esters is 1. The number of carbonyl (C=O) groups excluding carboxylic acids is 1. The Kier molecular flexibility index (Phi) is 4.27. The highest BCUT2D eigenvalue weighted by molar-refractivity contribution is 5.89. The predicted octanol–water partition coefficient (Wildman–Crippen LogP) is 2.00. The third-order valence-electron chi connectivity index (χ3n) is 1.55. The molecule has 0 aromatic heterocycles. The molecule has 0 aliphatic carbocycles. The van der Waals surface area contributed by atoms with Gasteiger partial charge in [0.1, 0.15) is 6.61 Å². The van der Waals surface area contributed by atoms with Crippen molar-refractivity contribution in [3.63, 3.8) is 0 Å². The Morgan fingerprint density at radius 1 is 1.36 bits per heavy atom. The second kappa shape index (κ2) is 5.80. The Hall–Kier alpha value is -1.77. The molecule has 0 atom stereocenters. The summed E-state index contributed by atoms with van der Waals surface area (Å²) in [6.07, 6.45) is 3.10. The molecule has 0 amide bonds. The van der Waals surface area contributed by atoms with Crippen LogP contribution in [0, 0.1) is 0 Å². The lowest BCUT2D eigenvalue weighted by molar-refractivity contribution is 0.0547. The second-order valence-corrected chi connectivity index (χ2v) is 2.57. The van der Waals surface area contributed by atoms with Crippen LogP contribution in [0.4, 0.5) is 0 Å². The SMILES string of the molecule is COC=CCOC(=O)c1ccccc1. The Balaban J connectivity index is 2.40. The van der Waals surface area contributed by atoms with Crippen LogP contribution in [0.1, 0.15) is 10.4 Å². The molecule has 0 spiro atoms. The minimum Gasteiger partial charge on any atom is -0.505 e. The van der Waals surface area contributed by atoms with E-state index in [1.165, 1.54) is 13.4 Å². The van der Waals surface area contributed by atoms with Crippen LogP contribution in [0.5, 0.6) is 0 Å². The molecule has 0 N–H and O–H groups in total. The summed E-state index contributed by atoms with van der Waals surface area (Å²) in [7, 11) is 1.54. The van der Waals surface area contributed by atoms with Crippen molar-refractivity contribution >= 4 is 5.97 Å². The highest BCUT2D eigenvalue weighted by Gasteiger charge is 2.03. The molecular formula is C11H12O3.